The third-order valence-corrected chi connectivity index (χ3v) is 2.56. The summed E-state index contributed by atoms with van der Waals surface area (Å²) in [5.74, 6) is -0.490. The fraction of sp³-hybridized carbons (Fsp3) is 0.833. The van der Waals surface area contributed by atoms with Crippen LogP contribution in [0.25, 0.3) is 0 Å². The molecule has 0 radical (unpaired) electrons. The zero-order chi connectivity index (χ0) is 9.07. The van der Waals surface area contributed by atoms with Crippen molar-refractivity contribution >= 4 is 13.1 Å². The lowest BCUT2D eigenvalue weighted by Crippen LogP contribution is -2.12. The van der Waals surface area contributed by atoms with Crippen LogP contribution in [0.4, 0.5) is 0 Å². The zero-order valence-electron chi connectivity index (χ0n) is 6.65. The van der Waals surface area contributed by atoms with Crippen molar-refractivity contribution in [2.24, 2.45) is 5.92 Å². The first-order valence-electron chi connectivity index (χ1n) is 3.53. The summed E-state index contributed by atoms with van der Waals surface area (Å²) in [6.07, 6.45) is 0.973. The molecule has 0 saturated heterocycles. The first-order chi connectivity index (χ1) is 4.93. The quantitative estimate of drug-likeness (QED) is 0.636. The molecule has 0 rings (SSSR count). The van der Waals surface area contributed by atoms with Crippen LogP contribution in [0.1, 0.15) is 26.7 Å². The van der Waals surface area contributed by atoms with Crippen LogP contribution in [0.15, 0.2) is 0 Å². The average molecular weight is 180 g/mol. The molecule has 0 heterocycles. The molecule has 11 heavy (non-hydrogen) atoms. The lowest BCUT2D eigenvalue weighted by molar-refractivity contribution is -0.117. The minimum atomic E-state index is -4.48. The summed E-state index contributed by atoms with van der Waals surface area (Å²) in [6.45, 7) is 3.48. The molecule has 0 aromatic heterocycles. The van der Waals surface area contributed by atoms with Gasteiger partial charge in [0.05, 0.1) is 0 Å². The highest BCUT2D eigenvalue weighted by molar-refractivity contribution is 7.70. The Hall–Kier alpha value is -0.180. The minimum absolute atomic E-state index is 0.487. The van der Waals surface area contributed by atoms with Gasteiger partial charge in [-0.15, -0.1) is 0 Å². The Kier molecular flexibility index (Phi) is 3.93. The van der Waals surface area contributed by atoms with Crippen molar-refractivity contribution in [1.82, 2.24) is 0 Å². The third kappa shape index (κ3) is 3.14. The first kappa shape index (κ1) is 10.8. The number of hydrogen-bond donors (Lipinski definition) is 2. The van der Waals surface area contributed by atoms with Crippen LogP contribution in [0, 0.1) is 5.92 Å². The Balaban J connectivity index is 4.34. The van der Waals surface area contributed by atoms with Gasteiger partial charge < -0.3 is 9.79 Å². The van der Waals surface area contributed by atoms with Crippen LogP contribution in [0.2, 0.25) is 0 Å². The van der Waals surface area contributed by atoms with Crippen LogP contribution < -0.4 is 0 Å². The van der Waals surface area contributed by atoms with Gasteiger partial charge in [0.2, 0.25) is 5.52 Å². The highest BCUT2D eigenvalue weighted by Crippen LogP contribution is 2.40. The Morgan fingerprint density at radius 2 is 1.73 bits per heavy atom. The monoisotopic (exact) mass is 180 g/mol. The van der Waals surface area contributed by atoms with E-state index in [9.17, 15) is 9.36 Å². The van der Waals surface area contributed by atoms with Crippen molar-refractivity contribution in [3.8, 4) is 0 Å². The lowest BCUT2D eigenvalue weighted by atomic mass is 10.1. The van der Waals surface area contributed by atoms with E-state index in [0.717, 1.165) is 0 Å². The lowest BCUT2D eigenvalue weighted by Gasteiger charge is -2.10. The van der Waals surface area contributed by atoms with Crippen molar-refractivity contribution in [1.29, 1.82) is 0 Å². The maximum Gasteiger partial charge on any atom is 0.391 e. The normalized spacial score (nSPS) is 12.1. The van der Waals surface area contributed by atoms with Crippen LogP contribution >= 0.6 is 7.60 Å². The van der Waals surface area contributed by atoms with Gasteiger partial charge in [0, 0.05) is 5.92 Å². The Bertz CT molecular complexity index is 179. The zero-order valence-corrected chi connectivity index (χ0v) is 7.54. The van der Waals surface area contributed by atoms with Crippen LogP contribution in [-0.2, 0) is 9.36 Å². The SMILES string of the molecule is CCC(CC)C(=O)P(=O)(O)O. The molecule has 0 fully saturated rings. The number of carbonyl (C=O) groups is 1. The van der Waals surface area contributed by atoms with Crippen molar-refractivity contribution in [3.63, 3.8) is 0 Å². The molecule has 0 aliphatic carbocycles. The molecule has 0 spiro atoms. The molecule has 2 N–H and O–H groups in total. The van der Waals surface area contributed by atoms with Crippen molar-refractivity contribution in [2.45, 2.75) is 26.7 Å². The Labute approximate surface area is 65.8 Å². The second-order valence-corrected chi connectivity index (χ2v) is 3.92. The summed E-state index contributed by atoms with van der Waals surface area (Å²) >= 11 is 0. The van der Waals surface area contributed by atoms with E-state index in [-0.39, 0.29) is 0 Å². The first-order valence-corrected chi connectivity index (χ1v) is 5.14. The van der Waals surface area contributed by atoms with Gasteiger partial charge in [-0.05, 0) is 12.8 Å². The third-order valence-electron chi connectivity index (χ3n) is 1.62. The molecule has 0 amide bonds. The van der Waals surface area contributed by atoms with Gasteiger partial charge in [-0.25, -0.2) is 0 Å². The second-order valence-electron chi connectivity index (χ2n) is 2.40. The molecule has 0 aliphatic heterocycles. The van der Waals surface area contributed by atoms with E-state index in [4.69, 9.17) is 9.79 Å². The average Bonchev–Trinajstić information content (AvgIpc) is 1.88. The predicted molar refractivity (Wildman–Crippen MR) is 41.1 cm³/mol. The van der Waals surface area contributed by atoms with Gasteiger partial charge in [-0.3, -0.25) is 9.36 Å². The molecule has 66 valence electrons. The molecule has 0 saturated carbocycles. The van der Waals surface area contributed by atoms with E-state index in [1.165, 1.54) is 0 Å². The van der Waals surface area contributed by atoms with Gasteiger partial charge in [0.15, 0.2) is 0 Å². The standard InChI is InChI=1S/C6H13O4P/c1-3-5(4-2)6(7)11(8,9)10/h5H,3-4H2,1-2H3,(H2,8,9,10). The molecule has 0 aliphatic rings. The summed E-state index contributed by atoms with van der Waals surface area (Å²) < 4.78 is 10.4. The topological polar surface area (TPSA) is 74.6 Å². The maximum atomic E-state index is 10.9. The van der Waals surface area contributed by atoms with E-state index >= 15 is 0 Å². The molecule has 0 bridgehead atoms. The van der Waals surface area contributed by atoms with Crippen LogP contribution in [0.5, 0.6) is 0 Å². The predicted octanol–water partition coefficient (Wildman–Crippen LogP) is 1.13. The molecule has 0 aromatic rings. The van der Waals surface area contributed by atoms with E-state index in [1.54, 1.807) is 13.8 Å². The fourth-order valence-electron chi connectivity index (χ4n) is 0.876. The highest BCUT2D eigenvalue weighted by Gasteiger charge is 2.31. The molecule has 0 atom stereocenters. The maximum absolute atomic E-state index is 10.9. The Morgan fingerprint density at radius 3 is 1.82 bits per heavy atom. The summed E-state index contributed by atoms with van der Waals surface area (Å²) in [4.78, 5) is 27.8. The van der Waals surface area contributed by atoms with Gasteiger partial charge in [-0.1, -0.05) is 13.8 Å². The van der Waals surface area contributed by atoms with E-state index in [0.29, 0.717) is 12.8 Å². The van der Waals surface area contributed by atoms with Crippen molar-refractivity contribution in [3.05, 3.63) is 0 Å². The summed E-state index contributed by atoms with van der Waals surface area (Å²) in [6, 6.07) is 0. The van der Waals surface area contributed by atoms with Gasteiger partial charge in [0.1, 0.15) is 0 Å². The fourth-order valence-corrected chi connectivity index (χ4v) is 1.72. The van der Waals surface area contributed by atoms with E-state index in [1.807, 2.05) is 0 Å². The molecule has 4 nitrogen and oxygen atoms in total. The number of hydrogen-bond acceptors (Lipinski definition) is 2. The largest absolute Gasteiger partial charge is 0.391 e. The smallest absolute Gasteiger partial charge is 0.319 e. The van der Waals surface area contributed by atoms with Gasteiger partial charge in [0.25, 0.3) is 0 Å². The van der Waals surface area contributed by atoms with Crippen molar-refractivity contribution < 1.29 is 19.1 Å². The summed E-state index contributed by atoms with van der Waals surface area (Å²) in [7, 11) is -4.48. The minimum Gasteiger partial charge on any atom is -0.319 e. The van der Waals surface area contributed by atoms with Crippen LogP contribution in [0.3, 0.4) is 0 Å². The van der Waals surface area contributed by atoms with Crippen molar-refractivity contribution in [2.75, 3.05) is 0 Å². The second kappa shape index (κ2) is 4.00. The summed E-state index contributed by atoms with van der Waals surface area (Å²) in [5, 5.41) is 0. The Morgan fingerprint density at radius 1 is 1.36 bits per heavy atom. The molecule has 0 aromatic carbocycles. The molecule has 0 unspecified atom stereocenters. The molecular formula is C6H13O4P. The van der Waals surface area contributed by atoms with E-state index < -0.39 is 19.0 Å². The highest BCUT2D eigenvalue weighted by atomic mass is 31.2. The van der Waals surface area contributed by atoms with Gasteiger partial charge in [-0.2, -0.15) is 0 Å². The molecule has 5 heteroatoms. The van der Waals surface area contributed by atoms with Gasteiger partial charge >= 0.3 is 7.60 Å². The van der Waals surface area contributed by atoms with Crippen LogP contribution in [-0.4, -0.2) is 15.3 Å². The number of carbonyl (C=O) groups excluding carboxylic acids is 1. The molecular weight excluding hydrogens is 167 g/mol. The van der Waals surface area contributed by atoms with E-state index in [2.05, 4.69) is 0 Å². The summed E-state index contributed by atoms with van der Waals surface area (Å²) in [5.41, 5.74) is -0.928. The number of rotatable bonds is 4.